The van der Waals surface area contributed by atoms with E-state index in [1.807, 2.05) is 20.8 Å². The van der Waals surface area contributed by atoms with Crippen molar-refractivity contribution in [1.82, 2.24) is 0 Å². The van der Waals surface area contributed by atoms with E-state index in [0.29, 0.717) is 44.9 Å². The van der Waals surface area contributed by atoms with Crippen LogP contribution in [-0.2, 0) is 19.1 Å². The maximum absolute atomic E-state index is 14.2. The van der Waals surface area contributed by atoms with Crippen LogP contribution in [0, 0.1) is 44.3 Å². The zero-order valence-corrected chi connectivity index (χ0v) is 23.2. The number of hydrogen-bond acceptors (Lipinski definition) is 6. The zero-order valence-electron chi connectivity index (χ0n) is 23.2. The summed E-state index contributed by atoms with van der Waals surface area (Å²) in [5, 5.41) is 33.0. The van der Waals surface area contributed by atoms with Crippen molar-refractivity contribution in [1.29, 1.82) is 0 Å². The number of carboxylic acids is 1. The highest BCUT2D eigenvalue weighted by Crippen LogP contribution is 2.72. The van der Waals surface area contributed by atoms with Gasteiger partial charge in [0.2, 0.25) is 0 Å². The lowest BCUT2D eigenvalue weighted by Crippen LogP contribution is -2.65. The predicted molar refractivity (Wildman–Crippen MR) is 136 cm³/mol. The molecule has 9 atom stereocenters. The highest BCUT2D eigenvalue weighted by Gasteiger charge is 2.70. The molecule has 0 spiro atoms. The lowest BCUT2D eigenvalue weighted by molar-refractivity contribution is -0.185. The number of hydrogen-bond donors (Lipinski definition) is 3. The number of aliphatic hydroxyl groups excluding tert-OH is 2. The van der Waals surface area contributed by atoms with Crippen LogP contribution in [0.1, 0.15) is 92.9 Å². The molecule has 7 heteroatoms. The van der Waals surface area contributed by atoms with E-state index in [-0.39, 0.29) is 30.7 Å². The Labute approximate surface area is 220 Å². The van der Waals surface area contributed by atoms with E-state index in [4.69, 9.17) is 4.74 Å². The molecule has 0 amide bonds. The summed E-state index contributed by atoms with van der Waals surface area (Å²) >= 11 is 0. The molecule has 7 nitrogen and oxygen atoms in total. The summed E-state index contributed by atoms with van der Waals surface area (Å²) in [4.78, 5) is 40.4. The van der Waals surface area contributed by atoms with E-state index in [0.717, 1.165) is 5.57 Å². The number of cyclic esters (lactones) is 1. The average molecular weight is 517 g/mol. The van der Waals surface area contributed by atoms with Crippen LogP contribution >= 0.6 is 0 Å². The molecule has 1 aliphatic heterocycles. The van der Waals surface area contributed by atoms with Crippen LogP contribution in [-0.4, -0.2) is 51.9 Å². The minimum Gasteiger partial charge on any atom is -0.481 e. The van der Waals surface area contributed by atoms with Gasteiger partial charge in [-0.25, -0.2) is 0 Å². The molecule has 5 aliphatic rings. The van der Waals surface area contributed by atoms with E-state index in [1.54, 1.807) is 6.92 Å². The van der Waals surface area contributed by atoms with Crippen molar-refractivity contribution in [2.75, 3.05) is 6.61 Å². The molecule has 0 radical (unpaired) electrons. The molecular weight excluding hydrogens is 472 g/mol. The standard InChI is InChI=1S/C30H44O7/c1-25(2)11-13-30(24(35)36)14-12-28(5)17(21(30)22(25)33)7-8-18-26(3)10-9-19(31)27(4,23(26)34)16-37-20(32)15-29(18,28)6/h7,18-19,21-22,31,33H,8-16H2,1-6H3,(H,35,36)/t18-,19+,21-,22+,26-,27-,28-,29-,30+/m1/s1. The number of Topliss-reactive ketones (excluding diaryl/α,β-unsaturated/α-hetero) is 1. The van der Waals surface area contributed by atoms with Crippen LogP contribution in [0.2, 0.25) is 0 Å². The van der Waals surface area contributed by atoms with Crippen molar-refractivity contribution in [2.24, 2.45) is 44.3 Å². The number of rotatable bonds is 1. The van der Waals surface area contributed by atoms with E-state index in [2.05, 4.69) is 19.9 Å². The molecule has 2 bridgehead atoms. The summed E-state index contributed by atoms with van der Waals surface area (Å²) in [5.74, 6) is -2.00. The number of esters is 1. The first-order valence-corrected chi connectivity index (χ1v) is 14.0. The fraction of sp³-hybridized carbons (Fsp3) is 0.833. The Morgan fingerprint density at radius 3 is 2.24 bits per heavy atom. The van der Waals surface area contributed by atoms with Crippen molar-refractivity contribution in [3.63, 3.8) is 0 Å². The van der Waals surface area contributed by atoms with Crippen LogP contribution < -0.4 is 0 Å². The molecule has 5 rings (SSSR count). The lowest BCUT2D eigenvalue weighted by atomic mass is 9.37. The second-order valence-electron chi connectivity index (χ2n) is 14.6. The number of carbonyl (C=O) groups is 3. The Kier molecular flexibility index (Phi) is 5.74. The van der Waals surface area contributed by atoms with E-state index < -0.39 is 56.6 Å². The van der Waals surface area contributed by atoms with Gasteiger partial charge < -0.3 is 20.1 Å². The van der Waals surface area contributed by atoms with Gasteiger partial charge in [0.25, 0.3) is 0 Å². The van der Waals surface area contributed by atoms with Crippen LogP contribution in [0.25, 0.3) is 0 Å². The highest BCUT2D eigenvalue weighted by molar-refractivity contribution is 5.92. The number of ether oxygens (including phenoxy) is 1. The van der Waals surface area contributed by atoms with Crippen LogP contribution in [0.4, 0.5) is 0 Å². The first kappa shape index (κ1) is 26.9. The van der Waals surface area contributed by atoms with Gasteiger partial charge >= 0.3 is 11.9 Å². The summed E-state index contributed by atoms with van der Waals surface area (Å²) in [6.45, 7) is 11.8. The molecule has 4 aliphatic carbocycles. The van der Waals surface area contributed by atoms with Crippen LogP contribution in [0.5, 0.6) is 0 Å². The summed E-state index contributed by atoms with van der Waals surface area (Å²) in [7, 11) is 0. The molecule has 37 heavy (non-hydrogen) atoms. The zero-order chi connectivity index (χ0) is 27.4. The van der Waals surface area contributed by atoms with Crippen molar-refractivity contribution in [3.8, 4) is 0 Å². The molecule has 3 N–H and O–H groups in total. The molecule has 0 aromatic heterocycles. The normalized spacial score (nSPS) is 51.2. The smallest absolute Gasteiger partial charge is 0.310 e. The Morgan fingerprint density at radius 1 is 0.946 bits per heavy atom. The third kappa shape index (κ3) is 3.22. The first-order valence-electron chi connectivity index (χ1n) is 14.0. The van der Waals surface area contributed by atoms with Gasteiger partial charge in [-0.1, -0.05) is 46.3 Å². The molecular formula is C30H44O7. The molecule has 3 saturated carbocycles. The van der Waals surface area contributed by atoms with Crippen LogP contribution in [0.15, 0.2) is 11.6 Å². The fourth-order valence-electron chi connectivity index (χ4n) is 9.54. The number of carbonyl (C=O) groups excluding carboxylic acids is 2. The molecule has 206 valence electrons. The Morgan fingerprint density at radius 2 is 1.59 bits per heavy atom. The molecule has 0 unspecified atom stereocenters. The van der Waals surface area contributed by atoms with Crippen molar-refractivity contribution < 1.29 is 34.4 Å². The molecule has 0 aromatic carbocycles. The Bertz CT molecular complexity index is 1080. The van der Waals surface area contributed by atoms with Gasteiger partial charge in [0, 0.05) is 11.3 Å². The molecule has 1 saturated heterocycles. The quantitative estimate of drug-likeness (QED) is 0.351. The number of allylic oxidation sites excluding steroid dienone is 1. The number of aliphatic hydroxyl groups is 2. The summed E-state index contributed by atoms with van der Waals surface area (Å²) < 4.78 is 5.71. The van der Waals surface area contributed by atoms with Crippen molar-refractivity contribution in [2.45, 2.75) is 105 Å². The summed E-state index contributed by atoms with van der Waals surface area (Å²) in [6.07, 6.45) is 4.24. The molecule has 0 aromatic rings. The minimum absolute atomic E-state index is 0.0420. The van der Waals surface area contributed by atoms with Gasteiger partial charge in [-0.15, -0.1) is 0 Å². The maximum Gasteiger partial charge on any atom is 0.310 e. The average Bonchev–Trinajstić information content (AvgIpc) is 2.83. The lowest BCUT2D eigenvalue weighted by Gasteiger charge is -2.66. The highest BCUT2D eigenvalue weighted by atomic mass is 16.5. The first-order chi connectivity index (χ1) is 17.0. The van der Waals surface area contributed by atoms with Crippen molar-refractivity contribution in [3.05, 3.63) is 11.6 Å². The fourth-order valence-corrected chi connectivity index (χ4v) is 9.54. The maximum atomic E-state index is 14.2. The van der Waals surface area contributed by atoms with Gasteiger partial charge in [-0.3, -0.25) is 14.4 Å². The number of ketones is 1. The third-order valence-electron chi connectivity index (χ3n) is 12.5. The van der Waals surface area contributed by atoms with Gasteiger partial charge in [0.1, 0.15) is 6.61 Å². The Balaban J connectivity index is 1.70. The molecule has 1 heterocycles. The second kappa shape index (κ2) is 7.91. The Hall–Kier alpha value is -1.73. The van der Waals surface area contributed by atoms with Gasteiger partial charge in [0.05, 0.1) is 29.5 Å². The third-order valence-corrected chi connectivity index (χ3v) is 12.5. The summed E-state index contributed by atoms with van der Waals surface area (Å²) in [6, 6.07) is 0. The topological polar surface area (TPSA) is 121 Å². The minimum atomic E-state index is -1.15. The predicted octanol–water partition coefficient (Wildman–Crippen LogP) is 4.29. The van der Waals surface area contributed by atoms with E-state index >= 15 is 0 Å². The molecule has 4 fully saturated rings. The van der Waals surface area contributed by atoms with E-state index in [1.165, 1.54) is 0 Å². The monoisotopic (exact) mass is 516 g/mol. The SMILES string of the molecule is CC1(C)CC[C@]2(C(=O)O)CC[C@]3(C)C(=CC[C@@H]4[C@@]5(C)CC[C@H](O)[C@@](C)(COC(=O)C[C@]43C)C5=O)[C@@H]2[C@@H]1O. The number of carboxylic acid groups (broad SMARTS) is 1. The van der Waals surface area contributed by atoms with Crippen molar-refractivity contribution >= 4 is 17.7 Å². The summed E-state index contributed by atoms with van der Waals surface area (Å²) in [5.41, 5.74) is -3.69. The number of fused-ring (bicyclic) bond motifs is 8. The largest absolute Gasteiger partial charge is 0.481 e. The van der Waals surface area contributed by atoms with E-state index in [9.17, 15) is 29.7 Å². The van der Waals surface area contributed by atoms with Gasteiger partial charge in [-0.2, -0.15) is 0 Å². The number of aliphatic carboxylic acids is 1. The van der Waals surface area contributed by atoms with Gasteiger partial charge in [0.15, 0.2) is 5.78 Å². The second-order valence-corrected chi connectivity index (χ2v) is 14.6. The van der Waals surface area contributed by atoms with Gasteiger partial charge in [-0.05, 0) is 74.0 Å². The van der Waals surface area contributed by atoms with Crippen LogP contribution in [0.3, 0.4) is 0 Å².